The zero-order chi connectivity index (χ0) is 12.3. The van der Waals surface area contributed by atoms with Crippen LogP contribution in [-0.2, 0) is 0 Å². The molecule has 0 amide bonds. The number of aliphatic hydroxyl groups excluding tert-OH is 1. The molecule has 5 heteroatoms. The van der Waals surface area contributed by atoms with Gasteiger partial charge in [0.1, 0.15) is 5.82 Å². The van der Waals surface area contributed by atoms with E-state index in [1.165, 1.54) is 6.20 Å². The molecule has 2 unspecified atom stereocenters. The summed E-state index contributed by atoms with van der Waals surface area (Å²) >= 11 is 5.83. The zero-order valence-electron chi connectivity index (χ0n) is 9.52. The van der Waals surface area contributed by atoms with Crippen molar-refractivity contribution in [2.75, 3.05) is 12.3 Å². The van der Waals surface area contributed by atoms with Gasteiger partial charge in [-0.3, -0.25) is 0 Å². The fraction of sp³-hybridized carbons (Fsp3) is 0.545. The maximum atomic E-state index is 10.2. The molecule has 0 spiro atoms. The largest absolute Gasteiger partial charge is 0.388 e. The molecule has 0 saturated carbocycles. The number of nitrogen functional groups attached to an aromatic ring is 1. The van der Waals surface area contributed by atoms with E-state index in [1.54, 1.807) is 6.07 Å². The van der Waals surface area contributed by atoms with Crippen molar-refractivity contribution >= 4 is 17.4 Å². The molecule has 0 aliphatic rings. The van der Waals surface area contributed by atoms with Gasteiger partial charge >= 0.3 is 0 Å². The Kier molecular flexibility index (Phi) is 4.53. The fourth-order valence-electron chi connectivity index (χ4n) is 1.70. The smallest absolute Gasteiger partial charge is 0.129 e. The molecule has 0 saturated heterocycles. The Balaban J connectivity index is 3.02. The third kappa shape index (κ3) is 2.84. The molecule has 2 atom stereocenters. The molecular formula is C11H18ClN3O. The lowest BCUT2D eigenvalue weighted by atomic mass is 9.87. The predicted octanol–water partition coefficient (Wildman–Crippen LogP) is 1.58. The number of rotatable bonds is 4. The number of aromatic nitrogens is 1. The summed E-state index contributed by atoms with van der Waals surface area (Å²) in [5.74, 6) is 0.511. The Morgan fingerprint density at radius 3 is 2.62 bits per heavy atom. The van der Waals surface area contributed by atoms with Crippen molar-refractivity contribution in [3.05, 3.63) is 22.8 Å². The van der Waals surface area contributed by atoms with Crippen LogP contribution in [0.2, 0.25) is 5.02 Å². The molecule has 16 heavy (non-hydrogen) atoms. The van der Waals surface area contributed by atoms with Crippen LogP contribution in [0.1, 0.15) is 25.5 Å². The molecule has 4 nitrogen and oxygen atoms in total. The molecule has 0 aromatic carbocycles. The van der Waals surface area contributed by atoms with Crippen molar-refractivity contribution in [2.24, 2.45) is 17.6 Å². The van der Waals surface area contributed by atoms with Crippen molar-refractivity contribution in [2.45, 2.75) is 20.0 Å². The van der Waals surface area contributed by atoms with Gasteiger partial charge in [-0.15, -0.1) is 0 Å². The minimum absolute atomic E-state index is 0.0532. The summed E-state index contributed by atoms with van der Waals surface area (Å²) in [5, 5.41) is 10.7. The van der Waals surface area contributed by atoms with E-state index in [-0.39, 0.29) is 11.8 Å². The quantitative estimate of drug-likeness (QED) is 0.750. The van der Waals surface area contributed by atoms with Gasteiger partial charge in [-0.05, 0) is 18.5 Å². The molecule has 1 aromatic rings. The number of hydrogen-bond acceptors (Lipinski definition) is 4. The average Bonchev–Trinajstić information content (AvgIpc) is 2.22. The van der Waals surface area contributed by atoms with E-state index in [0.29, 0.717) is 22.9 Å². The van der Waals surface area contributed by atoms with Crippen LogP contribution in [0.5, 0.6) is 0 Å². The molecule has 0 fully saturated rings. The average molecular weight is 244 g/mol. The second kappa shape index (κ2) is 5.48. The number of anilines is 1. The van der Waals surface area contributed by atoms with Crippen LogP contribution in [0.25, 0.3) is 0 Å². The van der Waals surface area contributed by atoms with E-state index >= 15 is 0 Å². The monoisotopic (exact) mass is 243 g/mol. The first-order chi connectivity index (χ1) is 7.47. The summed E-state index contributed by atoms with van der Waals surface area (Å²) in [4.78, 5) is 3.92. The third-order valence-electron chi connectivity index (χ3n) is 2.77. The second-order valence-electron chi connectivity index (χ2n) is 4.22. The maximum absolute atomic E-state index is 10.2. The summed E-state index contributed by atoms with van der Waals surface area (Å²) in [7, 11) is 0. The Labute approximate surface area is 101 Å². The Morgan fingerprint density at radius 2 is 2.12 bits per heavy atom. The van der Waals surface area contributed by atoms with Crippen LogP contribution >= 0.6 is 11.6 Å². The number of aliphatic hydroxyl groups is 1. The van der Waals surface area contributed by atoms with Gasteiger partial charge < -0.3 is 16.6 Å². The first-order valence-corrected chi connectivity index (χ1v) is 5.64. The molecule has 90 valence electrons. The van der Waals surface area contributed by atoms with Gasteiger partial charge in [0.15, 0.2) is 0 Å². The van der Waals surface area contributed by atoms with Gasteiger partial charge in [0.25, 0.3) is 0 Å². The van der Waals surface area contributed by atoms with Crippen LogP contribution in [0.3, 0.4) is 0 Å². The molecule has 0 aliphatic carbocycles. The van der Waals surface area contributed by atoms with E-state index in [9.17, 15) is 5.11 Å². The molecule has 1 aromatic heterocycles. The normalized spacial score (nSPS) is 15.1. The van der Waals surface area contributed by atoms with Gasteiger partial charge in [0.2, 0.25) is 0 Å². The highest BCUT2D eigenvalue weighted by molar-refractivity contribution is 6.30. The van der Waals surface area contributed by atoms with Crippen molar-refractivity contribution in [3.63, 3.8) is 0 Å². The molecule has 0 radical (unpaired) electrons. The van der Waals surface area contributed by atoms with Crippen LogP contribution < -0.4 is 11.5 Å². The van der Waals surface area contributed by atoms with Gasteiger partial charge in [0, 0.05) is 17.7 Å². The minimum atomic E-state index is -0.726. The highest BCUT2D eigenvalue weighted by Crippen LogP contribution is 2.31. The standard InChI is InChI=1S/C11H18ClN3O/c1-6(2)9(4-13)10(16)8-3-7(12)5-15-11(8)14/h3,5-6,9-10,16H,4,13H2,1-2H3,(H2,14,15). The lowest BCUT2D eigenvalue weighted by Crippen LogP contribution is -2.27. The molecule has 0 bridgehead atoms. The van der Waals surface area contributed by atoms with Crippen LogP contribution in [-0.4, -0.2) is 16.6 Å². The van der Waals surface area contributed by atoms with Gasteiger partial charge in [0.05, 0.1) is 11.1 Å². The topological polar surface area (TPSA) is 85.2 Å². The summed E-state index contributed by atoms with van der Waals surface area (Å²) in [5.41, 5.74) is 11.9. The molecular weight excluding hydrogens is 226 g/mol. The Bertz CT molecular complexity index is 357. The van der Waals surface area contributed by atoms with Crippen LogP contribution in [0, 0.1) is 11.8 Å². The Hall–Kier alpha value is -0.840. The van der Waals surface area contributed by atoms with Crippen molar-refractivity contribution in [1.29, 1.82) is 0 Å². The molecule has 0 aliphatic heterocycles. The predicted molar refractivity (Wildman–Crippen MR) is 66.0 cm³/mol. The summed E-state index contributed by atoms with van der Waals surface area (Å²) in [6.07, 6.45) is 0.733. The van der Waals surface area contributed by atoms with E-state index in [2.05, 4.69) is 4.98 Å². The van der Waals surface area contributed by atoms with E-state index < -0.39 is 6.10 Å². The molecule has 5 N–H and O–H groups in total. The summed E-state index contributed by atoms with van der Waals surface area (Å²) < 4.78 is 0. The number of nitrogens with two attached hydrogens (primary N) is 2. The lowest BCUT2D eigenvalue weighted by Gasteiger charge is -2.25. The lowest BCUT2D eigenvalue weighted by molar-refractivity contribution is 0.0865. The fourth-order valence-corrected chi connectivity index (χ4v) is 1.87. The maximum Gasteiger partial charge on any atom is 0.129 e. The van der Waals surface area contributed by atoms with Crippen LogP contribution in [0.15, 0.2) is 12.3 Å². The summed E-state index contributed by atoms with van der Waals surface area (Å²) in [6.45, 7) is 4.41. The number of hydrogen-bond donors (Lipinski definition) is 3. The highest BCUT2D eigenvalue weighted by atomic mass is 35.5. The van der Waals surface area contributed by atoms with Crippen LogP contribution in [0.4, 0.5) is 5.82 Å². The number of halogens is 1. The van der Waals surface area contributed by atoms with Crippen molar-refractivity contribution in [3.8, 4) is 0 Å². The number of pyridine rings is 1. The minimum Gasteiger partial charge on any atom is -0.388 e. The van der Waals surface area contributed by atoms with Crippen molar-refractivity contribution < 1.29 is 5.11 Å². The second-order valence-corrected chi connectivity index (χ2v) is 4.65. The van der Waals surface area contributed by atoms with E-state index in [4.69, 9.17) is 23.1 Å². The number of nitrogens with zero attached hydrogens (tertiary/aromatic N) is 1. The van der Waals surface area contributed by atoms with Crippen molar-refractivity contribution in [1.82, 2.24) is 4.98 Å². The van der Waals surface area contributed by atoms with Gasteiger partial charge in [-0.1, -0.05) is 25.4 Å². The summed E-state index contributed by atoms with van der Waals surface area (Å²) in [6, 6.07) is 1.64. The van der Waals surface area contributed by atoms with Gasteiger partial charge in [-0.2, -0.15) is 0 Å². The zero-order valence-corrected chi connectivity index (χ0v) is 10.3. The SMILES string of the molecule is CC(C)C(CN)C(O)c1cc(Cl)cnc1N. The molecule has 1 heterocycles. The van der Waals surface area contributed by atoms with Gasteiger partial charge in [-0.25, -0.2) is 4.98 Å². The first kappa shape index (κ1) is 13.2. The first-order valence-electron chi connectivity index (χ1n) is 5.26. The third-order valence-corrected chi connectivity index (χ3v) is 2.98. The Morgan fingerprint density at radius 1 is 1.50 bits per heavy atom. The van der Waals surface area contributed by atoms with E-state index in [1.807, 2.05) is 13.8 Å². The van der Waals surface area contributed by atoms with E-state index in [0.717, 1.165) is 0 Å². The highest BCUT2D eigenvalue weighted by Gasteiger charge is 2.25. The molecule has 1 rings (SSSR count).